The van der Waals surface area contributed by atoms with E-state index in [9.17, 15) is 0 Å². The van der Waals surface area contributed by atoms with Gasteiger partial charge < -0.3 is 0 Å². The Kier molecular flexibility index (Phi) is 2.90. The van der Waals surface area contributed by atoms with Crippen LogP contribution >= 0.6 is 0 Å². The lowest BCUT2D eigenvalue weighted by Gasteiger charge is -2.61. The third-order valence-electron chi connectivity index (χ3n) is 5.45. The SMILES string of the molecule is CCN1C(C)(C)c2ccccc2C(C)(C)C1(C)C. The van der Waals surface area contributed by atoms with E-state index in [-0.39, 0.29) is 16.5 Å². The van der Waals surface area contributed by atoms with Gasteiger partial charge in [-0.2, -0.15) is 0 Å². The molecule has 0 radical (unpaired) electrons. The quantitative estimate of drug-likeness (QED) is 0.712. The van der Waals surface area contributed by atoms with Gasteiger partial charge in [0.25, 0.3) is 0 Å². The molecule has 0 spiro atoms. The highest BCUT2D eigenvalue weighted by Crippen LogP contribution is 2.51. The average molecular weight is 245 g/mol. The molecule has 0 saturated heterocycles. The van der Waals surface area contributed by atoms with E-state index in [4.69, 9.17) is 0 Å². The molecule has 2 rings (SSSR count). The van der Waals surface area contributed by atoms with E-state index in [0.29, 0.717) is 0 Å². The highest BCUT2D eigenvalue weighted by atomic mass is 15.3. The molecule has 0 fully saturated rings. The van der Waals surface area contributed by atoms with Gasteiger partial charge in [0, 0.05) is 16.5 Å². The predicted molar refractivity (Wildman–Crippen MR) is 79.0 cm³/mol. The standard InChI is InChI=1S/C17H27N/c1-8-18-16(4,5)14-12-10-9-11-13(14)15(2,3)17(18,6)7/h9-12H,8H2,1-7H3. The zero-order valence-electron chi connectivity index (χ0n) is 13.0. The summed E-state index contributed by atoms with van der Waals surface area (Å²) in [4.78, 5) is 2.64. The summed E-state index contributed by atoms with van der Waals surface area (Å²) < 4.78 is 0. The van der Waals surface area contributed by atoms with Gasteiger partial charge in [0.1, 0.15) is 0 Å². The fourth-order valence-corrected chi connectivity index (χ4v) is 3.86. The monoisotopic (exact) mass is 245 g/mol. The Labute approximate surface area is 112 Å². The number of hydrogen-bond donors (Lipinski definition) is 0. The number of likely N-dealkylation sites (N-methyl/N-ethyl adjacent to an activating group) is 1. The van der Waals surface area contributed by atoms with Gasteiger partial charge >= 0.3 is 0 Å². The van der Waals surface area contributed by atoms with Crippen molar-refractivity contribution in [3.8, 4) is 0 Å². The molecule has 1 heteroatoms. The summed E-state index contributed by atoms with van der Waals surface area (Å²) in [7, 11) is 0. The Bertz CT molecular complexity index is 454. The van der Waals surface area contributed by atoms with Gasteiger partial charge in [-0.1, -0.05) is 45.0 Å². The van der Waals surface area contributed by atoms with Crippen LogP contribution in [0.15, 0.2) is 24.3 Å². The first-order valence-electron chi connectivity index (χ1n) is 7.05. The molecule has 1 nitrogen and oxygen atoms in total. The van der Waals surface area contributed by atoms with Crippen molar-refractivity contribution >= 4 is 0 Å². The molecule has 1 aromatic carbocycles. The number of benzene rings is 1. The van der Waals surface area contributed by atoms with E-state index in [0.717, 1.165) is 6.54 Å². The van der Waals surface area contributed by atoms with E-state index < -0.39 is 0 Å². The number of fused-ring (bicyclic) bond motifs is 1. The van der Waals surface area contributed by atoms with E-state index in [1.54, 1.807) is 0 Å². The summed E-state index contributed by atoms with van der Waals surface area (Å²) in [5, 5.41) is 0. The van der Waals surface area contributed by atoms with Gasteiger partial charge in [-0.05, 0) is 45.4 Å². The van der Waals surface area contributed by atoms with Gasteiger partial charge in [0.05, 0.1) is 0 Å². The predicted octanol–water partition coefficient (Wildman–Crippen LogP) is 4.31. The van der Waals surface area contributed by atoms with Crippen molar-refractivity contribution in [2.24, 2.45) is 0 Å². The van der Waals surface area contributed by atoms with Crippen molar-refractivity contribution in [1.29, 1.82) is 0 Å². The molecule has 1 aliphatic heterocycles. The van der Waals surface area contributed by atoms with Crippen LogP contribution < -0.4 is 0 Å². The summed E-state index contributed by atoms with van der Waals surface area (Å²) in [5.41, 5.74) is 3.40. The van der Waals surface area contributed by atoms with Crippen LogP contribution in [0.25, 0.3) is 0 Å². The molecule has 0 saturated carbocycles. The van der Waals surface area contributed by atoms with Crippen LogP contribution in [-0.4, -0.2) is 17.0 Å². The first-order valence-corrected chi connectivity index (χ1v) is 7.05. The van der Waals surface area contributed by atoms with Crippen LogP contribution in [-0.2, 0) is 11.0 Å². The van der Waals surface area contributed by atoms with Crippen LogP contribution in [0.3, 0.4) is 0 Å². The second-order valence-corrected chi connectivity index (χ2v) is 7.03. The van der Waals surface area contributed by atoms with Gasteiger partial charge in [0.2, 0.25) is 0 Å². The fourth-order valence-electron chi connectivity index (χ4n) is 3.86. The molecular weight excluding hydrogens is 218 g/mol. The summed E-state index contributed by atoms with van der Waals surface area (Å²) in [6, 6.07) is 8.96. The number of hydrogen-bond acceptors (Lipinski definition) is 1. The largest absolute Gasteiger partial charge is 0.288 e. The molecule has 0 atom stereocenters. The molecule has 100 valence electrons. The lowest BCUT2D eigenvalue weighted by atomic mass is 9.60. The summed E-state index contributed by atoms with van der Waals surface area (Å²) in [5.74, 6) is 0. The molecule has 1 aromatic rings. The first-order chi connectivity index (χ1) is 8.17. The maximum absolute atomic E-state index is 2.64. The van der Waals surface area contributed by atoms with Crippen molar-refractivity contribution in [3.63, 3.8) is 0 Å². The third kappa shape index (κ3) is 1.50. The van der Waals surface area contributed by atoms with Crippen molar-refractivity contribution in [3.05, 3.63) is 35.4 Å². The van der Waals surface area contributed by atoms with Crippen LogP contribution in [0.2, 0.25) is 0 Å². The topological polar surface area (TPSA) is 3.24 Å². The Morgan fingerprint density at radius 3 is 1.89 bits per heavy atom. The van der Waals surface area contributed by atoms with E-state index in [2.05, 4.69) is 77.6 Å². The smallest absolute Gasteiger partial charge is 0.0412 e. The average Bonchev–Trinajstić information content (AvgIpc) is 2.27. The summed E-state index contributed by atoms with van der Waals surface area (Å²) in [6.45, 7) is 17.6. The van der Waals surface area contributed by atoms with Gasteiger partial charge in [-0.15, -0.1) is 0 Å². The second kappa shape index (κ2) is 3.84. The van der Waals surface area contributed by atoms with Crippen molar-refractivity contribution < 1.29 is 0 Å². The lowest BCUT2D eigenvalue weighted by Crippen LogP contribution is -2.65. The molecule has 0 bridgehead atoms. The Morgan fingerprint density at radius 2 is 1.39 bits per heavy atom. The minimum Gasteiger partial charge on any atom is -0.288 e. The van der Waals surface area contributed by atoms with Crippen LogP contribution in [0, 0.1) is 0 Å². The van der Waals surface area contributed by atoms with Crippen LogP contribution in [0.5, 0.6) is 0 Å². The highest BCUT2D eigenvalue weighted by Gasteiger charge is 2.53. The Hall–Kier alpha value is -0.820. The zero-order valence-corrected chi connectivity index (χ0v) is 13.0. The van der Waals surface area contributed by atoms with E-state index >= 15 is 0 Å². The minimum atomic E-state index is 0.102. The van der Waals surface area contributed by atoms with Gasteiger partial charge in [0.15, 0.2) is 0 Å². The summed E-state index contributed by atoms with van der Waals surface area (Å²) in [6.07, 6.45) is 0. The first kappa shape index (κ1) is 13.6. The Balaban J connectivity index is 2.77. The van der Waals surface area contributed by atoms with Crippen LogP contribution in [0.1, 0.15) is 59.6 Å². The molecular formula is C17H27N. The minimum absolute atomic E-state index is 0.102. The second-order valence-electron chi connectivity index (χ2n) is 7.03. The number of nitrogens with zero attached hydrogens (tertiary/aromatic N) is 1. The third-order valence-corrected chi connectivity index (χ3v) is 5.45. The van der Waals surface area contributed by atoms with E-state index in [1.807, 2.05) is 0 Å². The summed E-state index contributed by atoms with van der Waals surface area (Å²) >= 11 is 0. The highest BCUT2D eigenvalue weighted by molar-refractivity contribution is 5.44. The number of rotatable bonds is 1. The fraction of sp³-hybridized carbons (Fsp3) is 0.647. The zero-order chi connectivity index (χ0) is 13.8. The molecule has 1 heterocycles. The van der Waals surface area contributed by atoms with Crippen molar-refractivity contribution in [1.82, 2.24) is 4.90 Å². The molecule has 0 aliphatic carbocycles. The van der Waals surface area contributed by atoms with Gasteiger partial charge in [-0.25, -0.2) is 0 Å². The molecule has 0 amide bonds. The molecule has 0 unspecified atom stereocenters. The maximum Gasteiger partial charge on any atom is 0.0412 e. The lowest BCUT2D eigenvalue weighted by molar-refractivity contribution is -0.0420. The molecule has 0 aromatic heterocycles. The molecule has 1 aliphatic rings. The normalized spacial score (nSPS) is 24.6. The molecule has 0 N–H and O–H groups in total. The van der Waals surface area contributed by atoms with Crippen molar-refractivity contribution in [2.75, 3.05) is 6.54 Å². The van der Waals surface area contributed by atoms with Gasteiger partial charge in [-0.3, -0.25) is 4.90 Å². The van der Waals surface area contributed by atoms with Crippen molar-refractivity contribution in [2.45, 2.75) is 65.0 Å². The molecule has 18 heavy (non-hydrogen) atoms. The van der Waals surface area contributed by atoms with E-state index in [1.165, 1.54) is 11.1 Å². The maximum atomic E-state index is 2.64. The van der Waals surface area contributed by atoms with Crippen LogP contribution in [0.4, 0.5) is 0 Å². The Morgan fingerprint density at radius 1 is 0.889 bits per heavy atom.